The molecule has 1 aliphatic rings. The Morgan fingerprint density at radius 1 is 1.50 bits per heavy atom. The molecule has 1 atom stereocenters. The molecule has 6 heteroatoms. The number of rotatable bonds is 5. The summed E-state index contributed by atoms with van der Waals surface area (Å²) >= 11 is 1.56. The van der Waals surface area contributed by atoms with Crippen molar-refractivity contribution < 1.29 is 4.79 Å². The fraction of sp³-hybridized carbons (Fsp3) is 0.750. The van der Waals surface area contributed by atoms with Crippen LogP contribution in [0.4, 0.5) is 0 Å². The lowest BCUT2D eigenvalue weighted by atomic mass is 10.0. The van der Waals surface area contributed by atoms with Crippen molar-refractivity contribution in [2.75, 3.05) is 27.2 Å². The molecule has 1 aliphatic heterocycles. The lowest BCUT2D eigenvalue weighted by Gasteiger charge is -2.35. The summed E-state index contributed by atoms with van der Waals surface area (Å²) < 4.78 is 0. The molecule has 0 aromatic carbocycles. The summed E-state index contributed by atoms with van der Waals surface area (Å²) in [5.41, 5.74) is 6.97. The zero-order valence-corrected chi connectivity index (χ0v) is 14.9. The third-order valence-corrected chi connectivity index (χ3v) is 5.53. The Labute approximate surface area is 137 Å². The van der Waals surface area contributed by atoms with E-state index >= 15 is 0 Å². The van der Waals surface area contributed by atoms with Crippen LogP contribution in [0.3, 0.4) is 0 Å². The molecule has 1 unspecified atom stereocenters. The topological polar surface area (TPSA) is 62.5 Å². The molecule has 1 fully saturated rings. The molecule has 0 radical (unpaired) electrons. The molecule has 0 aliphatic carbocycles. The fourth-order valence-electron chi connectivity index (χ4n) is 2.71. The second-order valence-electron chi connectivity index (χ2n) is 6.66. The van der Waals surface area contributed by atoms with E-state index in [0.29, 0.717) is 18.4 Å². The van der Waals surface area contributed by atoms with Gasteiger partial charge in [-0.3, -0.25) is 4.79 Å². The molecule has 0 saturated carbocycles. The predicted molar refractivity (Wildman–Crippen MR) is 90.9 cm³/mol. The van der Waals surface area contributed by atoms with Crippen LogP contribution >= 0.6 is 11.3 Å². The summed E-state index contributed by atoms with van der Waals surface area (Å²) in [5, 5.41) is 2.90. The maximum Gasteiger partial charge on any atom is 0.228 e. The van der Waals surface area contributed by atoms with Gasteiger partial charge in [-0.1, -0.05) is 13.8 Å². The molecule has 0 bridgehead atoms. The lowest BCUT2D eigenvalue weighted by Crippen LogP contribution is -2.45. The number of piperidine rings is 1. The Kier molecular flexibility index (Phi) is 5.94. The van der Waals surface area contributed by atoms with Crippen molar-refractivity contribution in [1.29, 1.82) is 0 Å². The zero-order valence-electron chi connectivity index (χ0n) is 14.1. The van der Waals surface area contributed by atoms with Gasteiger partial charge in [-0.25, -0.2) is 4.98 Å². The highest BCUT2D eigenvalue weighted by Crippen LogP contribution is 2.23. The number of likely N-dealkylation sites (tertiary alicyclic amines) is 1. The van der Waals surface area contributed by atoms with E-state index < -0.39 is 0 Å². The SMILES string of the molecule is CC(C)C(N)c1nc(CC(=O)N(C)C2CCN(C)CC2)cs1. The van der Waals surface area contributed by atoms with Crippen molar-refractivity contribution in [2.45, 2.75) is 45.2 Å². The van der Waals surface area contributed by atoms with E-state index in [2.05, 4.69) is 30.8 Å². The maximum absolute atomic E-state index is 12.5. The standard InChI is InChI=1S/C16H28N4OS/c1-11(2)15(17)16-18-12(10-22-16)9-14(21)20(4)13-5-7-19(3)8-6-13/h10-11,13,15H,5-9,17H2,1-4H3. The normalized spacial score (nSPS) is 18.6. The average molecular weight is 324 g/mol. The Morgan fingerprint density at radius 2 is 2.14 bits per heavy atom. The van der Waals surface area contributed by atoms with Crippen LogP contribution in [0.1, 0.15) is 43.4 Å². The van der Waals surface area contributed by atoms with Crippen LogP contribution in [0.15, 0.2) is 5.38 Å². The Morgan fingerprint density at radius 3 is 2.73 bits per heavy atom. The third kappa shape index (κ3) is 4.27. The van der Waals surface area contributed by atoms with Gasteiger partial charge in [0.05, 0.1) is 18.2 Å². The number of hydrogen-bond donors (Lipinski definition) is 1. The first kappa shape index (κ1) is 17.4. The Bertz CT molecular complexity index is 494. The van der Waals surface area contributed by atoms with E-state index in [1.165, 1.54) is 0 Å². The summed E-state index contributed by atoms with van der Waals surface area (Å²) in [6, 6.07) is 0.320. The van der Waals surface area contributed by atoms with Crippen molar-refractivity contribution >= 4 is 17.2 Å². The Balaban J connectivity index is 1.91. The van der Waals surface area contributed by atoms with Gasteiger partial charge in [0.25, 0.3) is 0 Å². The lowest BCUT2D eigenvalue weighted by molar-refractivity contribution is -0.132. The molecule has 5 nitrogen and oxygen atoms in total. The molecular weight excluding hydrogens is 296 g/mol. The predicted octanol–water partition coefficient (Wildman–Crippen LogP) is 1.89. The van der Waals surface area contributed by atoms with Crippen LogP contribution < -0.4 is 5.73 Å². The number of carbonyl (C=O) groups is 1. The molecule has 1 aromatic rings. The summed E-state index contributed by atoms with van der Waals surface area (Å²) in [5.74, 6) is 0.515. The minimum atomic E-state index is -0.0412. The van der Waals surface area contributed by atoms with Crippen molar-refractivity contribution in [1.82, 2.24) is 14.8 Å². The molecule has 2 N–H and O–H groups in total. The molecule has 1 amide bonds. The number of amides is 1. The number of likely N-dealkylation sites (N-methyl/N-ethyl adjacent to an activating group) is 1. The van der Waals surface area contributed by atoms with E-state index in [1.807, 2.05) is 17.3 Å². The number of nitrogens with zero attached hydrogens (tertiary/aromatic N) is 3. The molecular formula is C16H28N4OS. The average Bonchev–Trinajstić information content (AvgIpc) is 2.94. The molecule has 22 heavy (non-hydrogen) atoms. The van der Waals surface area contributed by atoms with Crippen molar-refractivity contribution in [3.63, 3.8) is 0 Å². The minimum absolute atomic E-state index is 0.0412. The van der Waals surface area contributed by atoms with E-state index in [-0.39, 0.29) is 11.9 Å². The highest BCUT2D eigenvalue weighted by molar-refractivity contribution is 7.09. The first-order chi connectivity index (χ1) is 10.4. The smallest absolute Gasteiger partial charge is 0.228 e. The van der Waals surface area contributed by atoms with Gasteiger partial charge in [-0.2, -0.15) is 0 Å². The summed E-state index contributed by atoms with van der Waals surface area (Å²) in [6.45, 7) is 6.30. The highest BCUT2D eigenvalue weighted by atomic mass is 32.1. The van der Waals surface area contributed by atoms with Crippen LogP contribution in [0.2, 0.25) is 0 Å². The van der Waals surface area contributed by atoms with Gasteiger partial charge in [-0.05, 0) is 38.9 Å². The number of carbonyl (C=O) groups excluding carboxylic acids is 1. The van der Waals surface area contributed by atoms with Crippen molar-refractivity contribution in [2.24, 2.45) is 11.7 Å². The molecule has 1 aromatic heterocycles. The van der Waals surface area contributed by atoms with Crippen LogP contribution in [0.5, 0.6) is 0 Å². The van der Waals surface area contributed by atoms with Crippen LogP contribution in [-0.4, -0.2) is 53.9 Å². The summed E-state index contributed by atoms with van der Waals surface area (Å²) in [7, 11) is 4.05. The zero-order chi connectivity index (χ0) is 16.3. The van der Waals surface area contributed by atoms with Gasteiger partial charge in [0.1, 0.15) is 5.01 Å². The molecule has 1 saturated heterocycles. The highest BCUT2D eigenvalue weighted by Gasteiger charge is 2.24. The van der Waals surface area contributed by atoms with Gasteiger partial charge in [0.2, 0.25) is 5.91 Å². The van der Waals surface area contributed by atoms with E-state index in [0.717, 1.165) is 36.6 Å². The van der Waals surface area contributed by atoms with Crippen LogP contribution in [-0.2, 0) is 11.2 Å². The summed E-state index contributed by atoms with van der Waals surface area (Å²) in [6.07, 6.45) is 2.49. The summed E-state index contributed by atoms with van der Waals surface area (Å²) in [4.78, 5) is 21.2. The monoisotopic (exact) mass is 324 g/mol. The first-order valence-corrected chi connectivity index (χ1v) is 8.90. The van der Waals surface area contributed by atoms with Gasteiger partial charge in [-0.15, -0.1) is 11.3 Å². The first-order valence-electron chi connectivity index (χ1n) is 8.02. The molecule has 2 heterocycles. The number of aromatic nitrogens is 1. The Hall–Kier alpha value is -0.980. The van der Waals surface area contributed by atoms with Gasteiger partial charge in [0, 0.05) is 18.5 Å². The third-order valence-electron chi connectivity index (χ3n) is 4.53. The molecule has 124 valence electrons. The van der Waals surface area contributed by atoms with E-state index in [1.54, 1.807) is 11.3 Å². The van der Waals surface area contributed by atoms with Crippen LogP contribution in [0.25, 0.3) is 0 Å². The minimum Gasteiger partial charge on any atom is -0.342 e. The maximum atomic E-state index is 12.5. The largest absolute Gasteiger partial charge is 0.342 e. The van der Waals surface area contributed by atoms with Gasteiger partial charge in [0.15, 0.2) is 0 Å². The number of hydrogen-bond acceptors (Lipinski definition) is 5. The van der Waals surface area contributed by atoms with Gasteiger partial charge < -0.3 is 15.5 Å². The van der Waals surface area contributed by atoms with E-state index in [9.17, 15) is 4.79 Å². The van der Waals surface area contributed by atoms with Crippen molar-refractivity contribution in [3.05, 3.63) is 16.1 Å². The molecule has 0 spiro atoms. The van der Waals surface area contributed by atoms with Crippen molar-refractivity contribution in [3.8, 4) is 0 Å². The number of thiazole rings is 1. The quantitative estimate of drug-likeness (QED) is 0.898. The number of nitrogens with two attached hydrogens (primary N) is 1. The van der Waals surface area contributed by atoms with Gasteiger partial charge >= 0.3 is 0 Å². The molecule has 2 rings (SSSR count). The fourth-order valence-corrected chi connectivity index (χ4v) is 3.70. The van der Waals surface area contributed by atoms with Crippen LogP contribution in [0, 0.1) is 5.92 Å². The second-order valence-corrected chi connectivity index (χ2v) is 7.55. The second kappa shape index (κ2) is 7.53. The van der Waals surface area contributed by atoms with E-state index in [4.69, 9.17) is 5.73 Å².